The van der Waals surface area contributed by atoms with Gasteiger partial charge in [0.05, 0.1) is 17.2 Å². The number of amides is 1. The van der Waals surface area contributed by atoms with Gasteiger partial charge in [0.1, 0.15) is 5.69 Å². The Bertz CT molecular complexity index is 940. The molecule has 0 saturated carbocycles. The summed E-state index contributed by atoms with van der Waals surface area (Å²) in [6.07, 6.45) is 2.91. The van der Waals surface area contributed by atoms with E-state index in [0.29, 0.717) is 43.0 Å². The number of rotatable bonds is 2. The van der Waals surface area contributed by atoms with E-state index in [4.69, 9.17) is 4.42 Å². The summed E-state index contributed by atoms with van der Waals surface area (Å²) in [5.41, 5.74) is 1.82. The second-order valence-electron chi connectivity index (χ2n) is 5.76. The number of hydrogen-bond acceptors (Lipinski definition) is 6. The largest absolute Gasteiger partial charge is 0.434 e. The minimum absolute atomic E-state index is 0.0516. The Morgan fingerprint density at radius 2 is 1.96 bits per heavy atom. The molecule has 0 bridgehead atoms. The monoisotopic (exact) mass is 325 g/mol. The minimum atomic E-state index is -0.546. The number of nitrogens with zero attached hydrogens (tertiary/aromatic N) is 4. The van der Waals surface area contributed by atoms with Crippen molar-refractivity contribution < 1.29 is 9.21 Å². The Balaban J connectivity index is 1.48. The smallest absolute Gasteiger partial charge is 0.392 e. The summed E-state index contributed by atoms with van der Waals surface area (Å²) in [6, 6.07) is 7.45. The fourth-order valence-electron chi connectivity index (χ4n) is 2.97. The molecule has 8 heteroatoms. The first-order valence-electron chi connectivity index (χ1n) is 7.77. The molecule has 1 amide bonds. The summed E-state index contributed by atoms with van der Waals surface area (Å²) >= 11 is 0. The molecule has 4 rings (SSSR count). The number of piperidine rings is 1. The molecule has 3 heterocycles. The second-order valence-corrected chi connectivity index (χ2v) is 5.76. The molecule has 0 unspecified atom stereocenters. The number of benzene rings is 1. The number of hydrogen-bond donors (Lipinski definition) is 1. The van der Waals surface area contributed by atoms with Crippen LogP contribution in [-0.4, -0.2) is 44.1 Å². The van der Waals surface area contributed by atoms with Crippen LogP contribution in [-0.2, 0) is 0 Å². The molecule has 24 heavy (non-hydrogen) atoms. The van der Waals surface area contributed by atoms with Gasteiger partial charge >= 0.3 is 5.76 Å². The zero-order valence-electron chi connectivity index (χ0n) is 12.8. The summed E-state index contributed by atoms with van der Waals surface area (Å²) in [5.74, 6) is -0.210. The van der Waals surface area contributed by atoms with E-state index in [1.807, 2.05) is 24.3 Å². The molecule has 0 atom stereocenters. The third-order valence-corrected chi connectivity index (χ3v) is 4.25. The maximum atomic E-state index is 12.6. The molecule has 3 aromatic rings. The predicted molar refractivity (Wildman–Crippen MR) is 84.5 cm³/mol. The first-order chi connectivity index (χ1) is 11.7. The molecule has 0 radical (unpaired) electrons. The number of likely N-dealkylation sites (tertiary alicyclic amines) is 1. The summed E-state index contributed by atoms with van der Waals surface area (Å²) in [6.45, 7) is 1.13. The molecular weight excluding hydrogens is 310 g/mol. The van der Waals surface area contributed by atoms with Gasteiger partial charge in [-0.2, -0.15) is 0 Å². The fraction of sp³-hybridized carbons (Fsp3) is 0.312. The number of H-pyrrole nitrogens is 1. The Morgan fingerprint density at radius 1 is 1.21 bits per heavy atom. The van der Waals surface area contributed by atoms with Crippen LogP contribution in [0, 0.1) is 0 Å². The average molecular weight is 325 g/mol. The van der Waals surface area contributed by atoms with Gasteiger partial charge in [0.25, 0.3) is 5.91 Å². The Kier molecular flexibility index (Phi) is 3.56. The van der Waals surface area contributed by atoms with Gasteiger partial charge in [0.15, 0.2) is 0 Å². The first-order valence-corrected chi connectivity index (χ1v) is 7.77. The lowest BCUT2D eigenvalue weighted by Crippen LogP contribution is -2.38. The maximum Gasteiger partial charge on any atom is 0.434 e. The Labute approximate surface area is 136 Å². The van der Waals surface area contributed by atoms with Crippen LogP contribution in [0.25, 0.3) is 11.0 Å². The lowest BCUT2D eigenvalue weighted by atomic mass is 9.96. The van der Waals surface area contributed by atoms with E-state index in [2.05, 4.69) is 20.2 Å². The fourth-order valence-corrected chi connectivity index (χ4v) is 2.97. The number of carbonyl (C=O) groups excluding carboxylic acids is 1. The Hall–Kier alpha value is -3.03. The molecule has 8 nitrogen and oxygen atoms in total. The van der Waals surface area contributed by atoms with E-state index in [-0.39, 0.29) is 11.8 Å². The molecule has 1 aliphatic heterocycles. The van der Waals surface area contributed by atoms with Gasteiger partial charge in [-0.15, -0.1) is 5.10 Å². The molecule has 2 aromatic heterocycles. The topological polar surface area (TPSA) is 105 Å². The van der Waals surface area contributed by atoms with Crippen molar-refractivity contribution >= 4 is 16.9 Å². The lowest BCUT2D eigenvalue weighted by molar-refractivity contribution is 0.0700. The number of nitrogens with one attached hydrogen (secondary N) is 1. The number of aromatic amines is 1. The van der Waals surface area contributed by atoms with E-state index in [1.54, 1.807) is 4.90 Å². The minimum Gasteiger partial charge on any atom is -0.392 e. The van der Waals surface area contributed by atoms with Crippen molar-refractivity contribution in [2.24, 2.45) is 0 Å². The number of fused-ring (bicyclic) bond motifs is 1. The number of aromatic nitrogens is 4. The molecule has 0 spiro atoms. The lowest BCUT2D eigenvalue weighted by Gasteiger charge is -2.30. The van der Waals surface area contributed by atoms with Crippen molar-refractivity contribution in [2.75, 3.05) is 13.1 Å². The van der Waals surface area contributed by atoms with Crippen molar-refractivity contribution in [3.63, 3.8) is 0 Å². The SMILES string of the molecule is O=C(c1cnc2ccccc2n1)N1CCC(c2n[nH]c(=O)o2)CC1. The second kappa shape index (κ2) is 5.88. The van der Waals surface area contributed by atoms with Crippen LogP contribution in [0.3, 0.4) is 0 Å². The highest BCUT2D eigenvalue weighted by Gasteiger charge is 2.28. The normalized spacial score (nSPS) is 15.8. The quantitative estimate of drug-likeness (QED) is 0.762. The Morgan fingerprint density at radius 3 is 2.67 bits per heavy atom. The van der Waals surface area contributed by atoms with Crippen molar-refractivity contribution in [1.82, 2.24) is 25.1 Å². The molecule has 1 aliphatic rings. The van der Waals surface area contributed by atoms with Gasteiger partial charge in [0.2, 0.25) is 5.89 Å². The van der Waals surface area contributed by atoms with Gasteiger partial charge in [-0.3, -0.25) is 9.78 Å². The summed E-state index contributed by atoms with van der Waals surface area (Å²) in [7, 11) is 0. The molecule has 1 aromatic carbocycles. The standard InChI is InChI=1S/C16H15N5O3/c22-15(13-9-17-11-3-1-2-4-12(11)18-13)21-7-5-10(6-8-21)14-19-20-16(23)24-14/h1-4,9-10H,5-8H2,(H,20,23). The highest BCUT2D eigenvalue weighted by molar-refractivity contribution is 5.93. The van der Waals surface area contributed by atoms with Gasteiger partial charge in [-0.1, -0.05) is 12.1 Å². The molecule has 1 fully saturated rings. The van der Waals surface area contributed by atoms with Crippen molar-refractivity contribution in [3.8, 4) is 0 Å². The average Bonchev–Trinajstić information content (AvgIpc) is 3.07. The van der Waals surface area contributed by atoms with Crippen LogP contribution in [0.1, 0.15) is 35.1 Å². The van der Waals surface area contributed by atoms with Crippen LogP contribution in [0.4, 0.5) is 0 Å². The van der Waals surface area contributed by atoms with E-state index in [1.165, 1.54) is 6.20 Å². The van der Waals surface area contributed by atoms with Crippen LogP contribution < -0.4 is 5.76 Å². The van der Waals surface area contributed by atoms with Crippen LogP contribution in [0.2, 0.25) is 0 Å². The van der Waals surface area contributed by atoms with E-state index < -0.39 is 5.76 Å². The number of carbonyl (C=O) groups is 1. The summed E-state index contributed by atoms with van der Waals surface area (Å²) in [4.78, 5) is 34.1. The molecule has 0 aliphatic carbocycles. The first kappa shape index (κ1) is 14.6. The van der Waals surface area contributed by atoms with Crippen LogP contribution in [0.5, 0.6) is 0 Å². The van der Waals surface area contributed by atoms with Crippen LogP contribution in [0.15, 0.2) is 39.7 Å². The van der Waals surface area contributed by atoms with Gasteiger partial charge in [-0.05, 0) is 25.0 Å². The molecule has 1 N–H and O–H groups in total. The maximum absolute atomic E-state index is 12.6. The zero-order valence-corrected chi connectivity index (χ0v) is 12.8. The van der Waals surface area contributed by atoms with Gasteiger partial charge in [-0.25, -0.2) is 14.9 Å². The highest BCUT2D eigenvalue weighted by Crippen LogP contribution is 2.26. The van der Waals surface area contributed by atoms with Gasteiger partial charge in [0, 0.05) is 19.0 Å². The summed E-state index contributed by atoms with van der Waals surface area (Å²) < 4.78 is 5.00. The molecule has 122 valence electrons. The van der Waals surface area contributed by atoms with E-state index >= 15 is 0 Å². The van der Waals surface area contributed by atoms with E-state index in [9.17, 15) is 9.59 Å². The summed E-state index contributed by atoms with van der Waals surface area (Å²) in [5, 5.41) is 6.14. The predicted octanol–water partition coefficient (Wildman–Crippen LogP) is 1.33. The van der Waals surface area contributed by atoms with Crippen LogP contribution >= 0.6 is 0 Å². The molecular formula is C16H15N5O3. The van der Waals surface area contributed by atoms with Crippen molar-refractivity contribution in [2.45, 2.75) is 18.8 Å². The third kappa shape index (κ3) is 2.66. The highest BCUT2D eigenvalue weighted by atomic mass is 16.4. The third-order valence-electron chi connectivity index (χ3n) is 4.25. The molecule has 1 saturated heterocycles. The van der Waals surface area contributed by atoms with Gasteiger partial charge < -0.3 is 9.32 Å². The zero-order chi connectivity index (χ0) is 16.5. The number of para-hydroxylation sites is 2. The van der Waals surface area contributed by atoms with Crippen molar-refractivity contribution in [3.05, 3.63) is 52.6 Å². The van der Waals surface area contributed by atoms with Crippen molar-refractivity contribution in [1.29, 1.82) is 0 Å². The van der Waals surface area contributed by atoms with E-state index in [0.717, 1.165) is 5.52 Å².